The largest absolute Gasteiger partial charge is 0.497 e. The molecule has 0 aliphatic heterocycles. The van der Waals surface area contributed by atoms with E-state index in [-0.39, 0.29) is 6.04 Å². The van der Waals surface area contributed by atoms with Crippen LogP contribution in [0.25, 0.3) is 0 Å². The number of hydrogen-bond acceptors (Lipinski definition) is 2. The number of allylic oxidation sites excluding steroid dienone is 1. The molecule has 2 nitrogen and oxygen atoms in total. The fourth-order valence-corrected chi connectivity index (χ4v) is 2.21. The molecule has 2 aromatic rings. The number of ether oxygens (including phenoxy) is 1. The third-order valence-corrected chi connectivity index (χ3v) is 3.39. The maximum atomic E-state index is 5.20. The second kappa shape index (κ2) is 7.53. The number of nitrogens with one attached hydrogen (secondary N) is 1. The molecule has 110 valence electrons. The van der Waals surface area contributed by atoms with Crippen LogP contribution in [-0.4, -0.2) is 7.11 Å². The van der Waals surface area contributed by atoms with Gasteiger partial charge in [0.2, 0.25) is 0 Å². The summed E-state index contributed by atoms with van der Waals surface area (Å²) in [4.78, 5) is 0. The van der Waals surface area contributed by atoms with Gasteiger partial charge in [0, 0.05) is 5.69 Å². The Bertz CT molecular complexity index is 568. The van der Waals surface area contributed by atoms with Gasteiger partial charge in [-0.25, -0.2) is 0 Å². The molecule has 0 saturated heterocycles. The van der Waals surface area contributed by atoms with E-state index in [1.807, 2.05) is 12.1 Å². The van der Waals surface area contributed by atoms with Gasteiger partial charge in [-0.05, 0) is 50.1 Å². The Hall–Kier alpha value is -2.22. The van der Waals surface area contributed by atoms with Crippen molar-refractivity contribution >= 4 is 5.69 Å². The molecule has 0 bridgehead atoms. The fraction of sp³-hybridized carbons (Fsp3) is 0.263. The van der Waals surface area contributed by atoms with Gasteiger partial charge < -0.3 is 10.1 Å². The van der Waals surface area contributed by atoms with Crippen LogP contribution in [0.15, 0.2) is 66.2 Å². The summed E-state index contributed by atoms with van der Waals surface area (Å²) in [6.07, 6.45) is 3.24. The van der Waals surface area contributed by atoms with Crippen molar-refractivity contribution < 1.29 is 4.74 Å². The second-order valence-corrected chi connectivity index (χ2v) is 5.35. The lowest BCUT2D eigenvalue weighted by Gasteiger charge is -2.19. The van der Waals surface area contributed by atoms with Crippen LogP contribution in [-0.2, 0) is 0 Å². The molecule has 2 rings (SSSR count). The highest BCUT2D eigenvalue weighted by Gasteiger charge is 2.09. The molecule has 0 fully saturated rings. The van der Waals surface area contributed by atoms with Crippen LogP contribution in [0.3, 0.4) is 0 Å². The molecule has 1 atom stereocenters. The molecule has 2 aromatic carbocycles. The minimum absolute atomic E-state index is 0.273. The summed E-state index contributed by atoms with van der Waals surface area (Å²) in [5.74, 6) is 0.876. The van der Waals surface area contributed by atoms with Gasteiger partial charge in [0.25, 0.3) is 0 Å². The zero-order chi connectivity index (χ0) is 15.1. The van der Waals surface area contributed by atoms with Gasteiger partial charge in [0.15, 0.2) is 0 Å². The molecule has 0 radical (unpaired) electrons. The first-order valence-electron chi connectivity index (χ1n) is 7.28. The molecule has 0 saturated carbocycles. The van der Waals surface area contributed by atoms with Crippen molar-refractivity contribution in [2.24, 2.45) is 0 Å². The Kier molecular flexibility index (Phi) is 5.44. The zero-order valence-corrected chi connectivity index (χ0v) is 13.0. The third-order valence-electron chi connectivity index (χ3n) is 3.39. The van der Waals surface area contributed by atoms with Gasteiger partial charge in [0.1, 0.15) is 5.75 Å². The highest BCUT2D eigenvalue weighted by Crippen LogP contribution is 2.25. The summed E-state index contributed by atoms with van der Waals surface area (Å²) in [5.41, 5.74) is 3.74. The Labute approximate surface area is 127 Å². The number of rotatable bonds is 6. The van der Waals surface area contributed by atoms with Gasteiger partial charge >= 0.3 is 0 Å². The Morgan fingerprint density at radius 3 is 2.29 bits per heavy atom. The molecule has 21 heavy (non-hydrogen) atoms. The predicted molar refractivity (Wildman–Crippen MR) is 89.8 cm³/mol. The van der Waals surface area contributed by atoms with Crippen LogP contribution < -0.4 is 10.1 Å². The van der Waals surface area contributed by atoms with Crippen LogP contribution >= 0.6 is 0 Å². The molecule has 0 aliphatic rings. The zero-order valence-electron chi connectivity index (χ0n) is 13.0. The molecule has 2 heteroatoms. The first-order chi connectivity index (χ1) is 10.2. The number of methoxy groups -OCH3 is 1. The van der Waals surface area contributed by atoms with Crippen molar-refractivity contribution in [2.45, 2.75) is 26.3 Å². The first kappa shape index (κ1) is 15.2. The lowest BCUT2D eigenvalue weighted by molar-refractivity contribution is 0.415. The van der Waals surface area contributed by atoms with E-state index in [4.69, 9.17) is 4.74 Å². The fourth-order valence-electron chi connectivity index (χ4n) is 2.21. The van der Waals surface area contributed by atoms with E-state index >= 15 is 0 Å². The summed E-state index contributed by atoms with van der Waals surface area (Å²) in [6.45, 7) is 4.27. The smallest absolute Gasteiger partial charge is 0.119 e. The lowest BCUT2D eigenvalue weighted by Crippen LogP contribution is -2.10. The standard InChI is InChI=1S/C19H23NO/c1-15(2)9-14-19(16-7-5-4-6-8-16)20-17-10-12-18(21-3)13-11-17/h4-13,19-20H,14H2,1-3H3/t19-/m0/s1. The van der Waals surface area contributed by atoms with Crippen LogP contribution in [0.5, 0.6) is 5.75 Å². The maximum Gasteiger partial charge on any atom is 0.119 e. The number of hydrogen-bond donors (Lipinski definition) is 1. The van der Waals surface area contributed by atoms with Crippen molar-refractivity contribution in [1.82, 2.24) is 0 Å². The maximum absolute atomic E-state index is 5.20. The molecular formula is C19H23NO. The molecule has 0 unspecified atom stereocenters. The Balaban J connectivity index is 2.16. The summed E-state index contributed by atoms with van der Waals surface area (Å²) in [6, 6.07) is 18.9. The average Bonchev–Trinajstić information content (AvgIpc) is 2.52. The highest BCUT2D eigenvalue weighted by atomic mass is 16.5. The lowest BCUT2D eigenvalue weighted by atomic mass is 10.0. The third kappa shape index (κ3) is 4.67. The minimum atomic E-state index is 0.273. The van der Waals surface area contributed by atoms with Crippen molar-refractivity contribution in [1.29, 1.82) is 0 Å². The SMILES string of the molecule is COc1ccc(N[C@@H](CC=C(C)C)c2ccccc2)cc1. The van der Waals surface area contributed by atoms with E-state index in [9.17, 15) is 0 Å². The monoisotopic (exact) mass is 281 g/mol. The van der Waals surface area contributed by atoms with Crippen molar-refractivity contribution in [3.05, 3.63) is 71.8 Å². The van der Waals surface area contributed by atoms with E-state index in [0.717, 1.165) is 17.9 Å². The van der Waals surface area contributed by atoms with Crippen LogP contribution in [0.1, 0.15) is 31.9 Å². The van der Waals surface area contributed by atoms with E-state index < -0.39 is 0 Å². The summed E-state index contributed by atoms with van der Waals surface area (Å²) in [7, 11) is 1.68. The van der Waals surface area contributed by atoms with Crippen molar-refractivity contribution in [3.8, 4) is 5.75 Å². The Morgan fingerprint density at radius 2 is 1.71 bits per heavy atom. The van der Waals surface area contributed by atoms with Crippen LogP contribution in [0, 0.1) is 0 Å². The predicted octanol–water partition coefficient (Wildman–Crippen LogP) is 5.20. The topological polar surface area (TPSA) is 21.3 Å². The van der Waals surface area contributed by atoms with Crippen LogP contribution in [0.2, 0.25) is 0 Å². The van der Waals surface area contributed by atoms with Gasteiger partial charge in [-0.15, -0.1) is 0 Å². The summed E-state index contributed by atoms with van der Waals surface area (Å²) < 4.78 is 5.20. The van der Waals surface area contributed by atoms with Crippen molar-refractivity contribution in [3.63, 3.8) is 0 Å². The molecule has 0 spiro atoms. The highest BCUT2D eigenvalue weighted by molar-refractivity contribution is 5.48. The Morgan fingerprint density at radius 1 is 1.05 bits per heavy atom. The van der Waals surface area contributed by atoms with Gasteiger partial charge in [-0.2, -0.15) is 0 Å². The molecule has 0 aromatic heterocycles. The van der Waals surface area contributed by atoms with Crippen LogP contribution in [0.4, 0.5) is 5.69 Å². The molecular weight excluding hydrogens is 258 g/mol. The van der Waals surface area contributed by atoms with E-state index in [1.165, 1.54) is 11.1 Å². The summed E-state index contributed by atoms with van der Waals surface area (Å²) >= 11 is 0. The number of benzene rings is 2. The van der Waals surface area contributed by atoms with E-state index in [0.29, 0.717) is 0 Å². The van der Waals surface area contributed by atoms with Gasteiger partial charge in [-0.3, -0.25) is 0 Å². The van der Waals surface area contributed by atoms with E-state index in [2.05, 4.69) is 67.7 Å². The molecule has 0 heterocycles. The van der Waals surface area contributed by atoms with Gasteiger partial charge in [0.05, 0.1) is 13.2 Å². The first-order valence-corrected chi connectivity index (χ1v) is 7.28. The molecule has 0 amide bonds. The average molecular weight is 281 g/mol. The van der Waals surface area contributed by atoms with Gasteiger partial charge in [-0.1, -0.05) is 42.0 Å². The van der Waals surface area contributed by atoms with Crippen molar-refractivity contribution in [2.75, 3.05) is 12.4 Å². The molecule has 1 N–H and O–H groups in total. The number of anilines is 1. The second-order valence-electron chi connectivity index (χ2n) is 5.35. The van der Waals surface area contributed by atoms with E-state index in [1.54, 1.807) is 7.11 Å². The normalized spacial score (nSPS) is 11.6. The minimum Gasteiger partial charge on any atom is -0.497 e. The quantitative estimate of drug-likeness (QED) is 0.734. The summed E-state index contributed by atoms with van der Waals surface area (Å²) in [5, 5.41) is 3.60. The molecule has 0 aliphatic carbocycles.